The topological polar surface area (TPSA) is 88.1 Å². The maximum absolute atomic E-state index is 12.4. The predicted molar refractivity (Wildman–Crippen MR) is 81.9 cm³/mol. The monoisotopic (exact) mass is 299 g/mol. The third kappa shape index (κ3) is 3.34. The van der Waals surface area contributed by atoms with Gasteiger partial charge in [0.15, 0.2) is 0 Å². The lowest BCUT2D eigenvalue weighted by Crippen LogP contribution is -2.40. The van der Waals surface area contributed by atoms with Crippen molar-refractivity contribution in [2.75, 3.05) is 55.5 Å². The Morgan fingerprint density at radius 2 is 2.15 bits per heavy atom. The molecular weight excluding hydrogens is 278 g/mol. The number of ether oxygens (including phenoxy) is 1. The molecule has 0 unspecified atom stereocenters. The summed E-state index contributed by atoms with van der Waals surface area (Å²) in [6, 6.07) is 5.65. The van der Waals surface area contributed by atoms with E-state index in [1.54, 1.807) is 7.11 Å². The molecule has 20 heavy (non-hydrogen) atoms. The number of methoxy groups -OCH3 is 1. The van der Waals surface area contributed by atoms with Crippen molar-refractivity contribution in [2.45, 2.75) is 0 Å². The van der Waals surface area contributed by atoms with Crippen LogP contribution in [-0.2, 0) is 9.73 Å². The molecule has 1 aliphatic heterocycles. The van der Waals surface area contributed by atoms with Crippen LogP contribution in [0.25, 0.3) is 0 Å². The van der Waals surface area contributed by atoms with E-state index < -0.39 is 9.73 Å². The van der Waals surface area contributed by atoms with Gasteiger partial charge in [-0.1, -0.05) is 0 Å². The molecular formula is C13H21N3O3S. The highest BCUT2D eigenvalue weighted by Crippen LogP contribution is 2.28. The van der Waals surface area contributed by atoms with Crippen LogP contribution in [0.2, 0.25) is 0 Å². The van der Waals surface area contributed by atoms with Gasteiger partial charge in [-0.3, -0.25) is 0 Å². The van der Waals surface area contributed by atoms with Crippen LogP contribution in [0.1, 0.15) is 0 Å². The summed E-state index contributed by atoms with van der Waals surface area (Å²) in [4.78, 5) is 2.15. The molecule has 0 aromatic heterocycles. The molecule has 1 aromatic rings. The molecule has 112 valence electrons. The van der Waals surface area contributed by atoms with Crippen molar-refractivity contribution in [1.29, 1.82) is 0 Å². The summed E-state index contributed by atoms with van der Waals surface area (Å²) in [7, 11) is -0.560. The number of hydrogen-bond donors (Lipinski definition) is 2. The highest BCUT2D eigenvalue weighted by atomic mass is 32.2. The fraction of sp³-hybridized carbons (Fsp3) is 0.538. The zero-order valence-electron chi connectivity index (χ0n) is 11.6. The van der Waals surface area contributed by atoms with E-state index in [0.29, 0.717) is 36.0 Å². The maximum Gasteiger partial charge on any atom is 0.143 e. The number of nitrogens with zero attached hydrogens (tertiary/aromatic N) is 2. The summed E-state index contributed by atoms with van der Waals surface area (Å²) >= 11 is 0. The van der Waals surface area contributed by atoms with Gasteiger partial charge in [-0.15, -0.1) is 0 Å². The summed E-state index contributed by atoms with van der Waals surface area (Å²) < 4.78 is 21.7. The number of nitrogen functional groups attached to an aromatic ring is 1. The van der Waals surface area contributed by atoms with Crippen LogP contribution < -0.4 is 15.4 Å². The molecule has 1 aliphatic rings. The molecule has 0 radical (unpaired) electrons. The molecule has 2 rings (SSSR count). The molecule has 1 aromatic carbocycles. The average molecular weight is 299 g/mol. The largest absolute Gasteiger partial charge is 0.495 e. The number of nitrogens with two attached hydrogens (primary N) is 1. The minimum Gasteiger partial charge on any atom is -0.495 e. The highest BCUT2D eigenvalue weighted by Gasteiger charge is 2.21. The van der Waals surface area contributed by atoms with E-state index in [1.165, 1.54) is 0 Å². The molecule has 1 saturated heterocycles. The molecule has 0 bridgehead atoms. The van der Waals surface area contributed by atoms with Crippen LogP contribution >= 0.6 is 0 Å². The van der Waals surface area contributed by atoms with Gasteiger partial charge in [-0.05, 0) is 12.1 Å². The summed E-state index contributed by atoms with van der Waals surface area (Å²) in [5.41, 5.74) is 7.42. The summed E-state index contributed by atoms with van der Waals surface area (Å²) in [6.07, 6.45) is 0. The molecule has 7 heteroatoms. The average Bonchev–Trinajstić information content (AvgIpc) is 2.47. The molecule has 1 heterocycles. The Bertz CT molecular complexity index is 568. The van der Waals surface area contributed by atoms with Crippen molar-refractivity contribution in [3.63, 3.8) is 0 Å². The third-order valence-electron chi connectivity index (χ3n) is 3.37. The van der Waals surface area contributed by atoms with Crippen molar-refractivity contribution in [3.05, 3.63) is 18.2 Å². The van der Waals surface area contributed by atoms with Gasteiger partial charge in [-0.25, -0.2) is 8.57 Å². The van der Waals surface area contributed by atoms with Gasteiger partial charge in [0.25, 0.3) is 0 Å². The van der Waals surface area contributed by atoms with Gasteiger partial charge >= 0.3 is 0 Å². The number of aliphatic hydroxyl groups excluding tert-OH is 1. The van der Waals surface area contributed by atoms with Crippen LogP contribution in [-0.4, -0.2) is 54.2 Å². The maximum atomic E-state index is 12.4. The van der Waals surface area contributed by atoms with E-state index in [-0.39, 0.29) is 13.2 Å². The summed E-state index contributed by atoms with van der Waals surface area (Å²) in [5, 5.41) is 8.77. The number of rotatable bonds is 4. The SMILES string of the molecule is COc1cc(N2CCS(=O)(=NCCO)CC2)ccc1N. The second-order valence-corrected chi connectivity index (χ2v) is 7.29. The lowest BCUT2D eigenvalue weighted by Gasteiger charge is -2.31. The van der Waals surface area contributed by atoms with Crippen molar-refractivity contribution >= 4 is 21.1 Å². The number of hydrogen-bond acceptors (Lipinski definition) is 6. The van der Waals surface area contributed by atoms with Crippen LogP contribution in [0.4, 0.5) is 11.4 Å². The number of aliphatic hydroxyl groups is 1. The first kappa shape index (κ1) is 14.9. The highest BCUT2D eigenvalue weighted by molar-refractivity contribution is 7.93. The first-order chi connectivity index (χ1) is 9.58. The number of anilines is 2. The van der Waals surface area contributed by atoms with Gasteiger partial charge in [-0.2, -0.15) is 0 Å². The molecule has 0 amide bonds. The molecule has 3 N–H and O–H groups in total. The fourth-order valence-corrected chi connectivity index (χ4v) is 4.10. The Morgan fingerprint density at radius 3 is 2.75 bits per heavy atom. The van der Waals surface area contributed by atoms with Crippen molar-refractivity contribution in [1.82, 2.24) is 0 Å². The van der Waals surface area contributed by atoms with E-state index in [4.69, 9.17) is 15.6 Å². The molecule has 0 aliphatic carbocycles. The molecule has 1 fully saturated rings. The van der Waals surface area contributed by atoms with E-state index >= 15 is 0 Å². The first-order valence-electron chi connectivity index (χ1n) is 6.55. The van der Waals surface area contributed by atoms with Gasteiger partial charge in [0.2, 0.25) is 0 Å². The van der Waals surface area contributed by atoms with E-state index in [2.05, 4.69) is 9.26 Å². The zero-order valence-corrected chi connectivity index (χ0v) is 12.4. The molecule has 0 spiro atoms. The van der Waals surface area contributed by atoms with Crippen molar-refractivity contribution < 1.29 is 14.1 Å². The normalized spacial score (nSPS) is 17.8. The van der Waals surface area contributed by atoms with Crippen LogP contribution in [0.5, 0.6) is 5.75 Å². The quantitative estimate of drug-likeness (QED) is 0.793. The van der Waals surface area contributed by atoms with Crippen molar-refractivity contribution in [3.8, 4) is 5.75 Å². The Hall–Kier alpha value is -1.47. The Kier molecular flexibility index (Phi) is 4.72. The molecule has 0 atom stereocenters. The summed E-state index contributed by atoms with van der Waals surface area (Å²) in [6.45, 7) is 1.58. The molecule has 0 saturated carbocycles. The van der Waals surface area contributed by atoms with Gasteiger partial charge in [0, 0.05) is 36.3 Å². The number of benzene rings is 1. The summed E-state index contributed by atoms with van der Waals surface area (Å²) in [5.74, 6) is 1.71. The fourth-order valence-electron chi connectivity index (χ4n) is 2.21. The Balaban J connectivity index is 2.09. The van der Waals surface area contributed by atoms with Gasteiger partial charge in [0.05, 0.1) is 35.7 Å². The van der Waals surface area contributed by atoms with Crippen LogP contribution in [0.3, 0.4) is 0 Å². The van der Waals surface area contributed by atoms with E-state index in [0.717, 1.165) is 5.69 Å². The second-order valence-electron chi connectivity index (χ2n) is 4.67. The van der Waals surface area contributed by atoms with Gasteiger partial charge < -0.3 is 20.5 Å². The molecule has 6 nitrogen and oxygen atoms in total. The van der Waals surface area contributed by atoms with Crippen LogP contribution in [0.15, 0.2) is 22.6 Å². The van der Waals surface area contributed by atoms with Gasteiger partial charge in [0.1, 0.15) is 5.75 Å². The van der Waals surface area contributed by atoms with Crippen LogP contribution in [0, 0.1) is 0 Å². The standard InChI is InChI=1S/C13H21N3O3S/c1-19-13-10-11(2-3-12(13)14)16-5-8-20(18,9-6-16)15-4-7-17/h2-3,10,17H,4-9,14H2,1H3. The lowest BCUT2D eigenvalue weighted by molar-refractivity contribution is 0.307. The zero-order chi connectivity index (χ0) is 14.6. The van der Waals surface area contributed by atoms with E-state index in [9.17, 15) is 4.21 Å². The Labute approximate surface area is 119 Å². The minimum atomic E-state index is -2.15. The second kappa shape index (κ2) is 6.32. The Morgan fingerprint density at radius 1 is 1.45 bits per heavy atom. The smallest absolute Gasteiger partial charge is 0.143 e. The third-order valence-corrected chi connectivity index (χ3v) is 5.66. The minimum absolute atomic E-state index is 0.0458. The van der Waals surface area contributed by atoms with E-state index in [1.807, 2.05) is 18.2 Å². The lowest BCUT2D eigenvalue weighted by atomic mass is 10.2. The predicted octanol–water partition coefficient (Wildman–Crippen LogP) is 0.558. The first-order valence-corrected chi connectivity index (χ1v) is 8.41. The van der Waals surface area contributed by atoms with Crippen molar-refractivity contribution in [2.24, 2.45) is 4.36 Å².